The number of halogens is 3. The monoisotopic (exact) mass is 291 g/mol. The van der Waals surface area contributed by atoms with E-state index in [-0.39, 0.29) is 2.14 Å². The first-order chi connectivity index (χ1) is 3.06. The average Bonchev–Trinajstić information content (AvgIpc) is 1.30. The SMILES string of the molecule is C[CH]CC(Br)(Br)Br. The van der Waals surface area contributed by atoms with Gasteiger partial charge < -0.3 is 0 Å². The van der Waals surface area contributed by atoms with E-state index in [1.807, 2.05) is 6.92 Å². The Bertz CT molecular complexity index is 45.4. The molecule has 0 rings (SSSR count). The molecule has 0 aromatic heterocycles. The van der Waals surface area contributed by atoms with Crippen molar-refractivity contribution >= 4 is 47.8 Å². The molecule has 0 aliphatic carbocycles. The van der Waals surface area contributed by atoms with Gasteiger partial charge in [0.2, 0.25) is 0 Å². The van der Waals surface area contributed by atoms with Crippen molar-refractivity contribution in [3.8, 4) is 0 Å². The van der Waals surface area contributed by atoms with E-state index in [0.29, 0.717) is 0 Å². The van der Waals surface area contributed by atoms with Crippen LogP contribution in [-0.4, -0.2) is 2.14 Å². The maximum absolute atomic E-state index is 3.34. The molecule has 0 heterocycles. The maximum Gasteiger partial charge on any atom is 0.135 e. The predicted molar refractivity (Wildman–Crippen MR) is 44.1 cm³/mol. The average molecular weight is 294 g/mol. The third-order valence-electron chi connectivity index (χ3n) is 0.436. The molecule has 43 valence electrons. The fraction of sp³-hybridized carbons (Fsp3) is 0.750. The molecule has 0 bridgehead atoms. The molecule has 0 saturated carbocycles. The van der Waals surface area contributed by atoms with E-state index in [1.54, 1.807) is 0 Å². The van der Waals surface area contributed by atoms with Crippen LogP contribution in [0.5, 0.6) is 0 Å². The summed E-state index contributed by atoms with van der Waals surface area (Å²) in [6, 6.07) is 0. The van der Waals surface area contributed by atoms with E-state index >= 15 is 0 Å². The highest BCUT2D eigenvalue weighted by molar-refractivity contribution is 9.39. The Morgan fingerprint density at radius 1 is 1.43 bits per heavy atom. The minimum Gasteiger partial charge on any atom is -0.0621 e. The van der Waals surface area contributed by atoms with E-state index in [2.05, 4.69) is 54.2 Å². The van der Waals surface area contributed by atoms with Crippen LogP contribution in [0.1, 0.15) is 13.3 Å². The largest absolute Gasteiger partial charge is 0.135 e. The van der Waals surface area contributed by atoms with E-state index in [1.165, 1.54) is 0 Å². The predicted octanol–water partition coefficient (Wildman–Crippen LogP) is 3.44. The number of rotatable bonds is 1. The van der Waals surface area contributed by atoms with Crippen molar-refractivity contribution in [2.24, 2.45) is 0 Å². The van der Waals surface area contributed by atoms with Gasteiger partial charge in [-0.15, -0.1) is 0 Å². The van der Waals surface area contributed by atoms with Gasteiger partial charge in [-0.3, -0.25) is 0 Å². The van der Waals surface area contributed by atoms with Crippen molar-refractivity contribution in [2.45, 2.75) is 15.5 Å². The summed E-state index contributed by atoms with van der Waals surface area (Å²) in [7, 11) is 0. The Morgan fingerprint density at radius 2 is 1.86 bits per heavy atom. The van der Waals surface area contributed by atoms with E-state index in [4.69, 9.17) is 0 Å². The summed E-state index contributed by atoms with van der Waals surface area (Å²) in [5, 5.41) is 0. The topological polar surface area (TPSA) is 0 Å². The van der Waals surface area contributed by atoms with Crippen molar-refractivity contribution in [1.82, 2.24) is 0 Å². The molecule has 0 aliphatic heterocycles. The van der Waals surface area contributed by atoms with Crippen LogP contribution in [0.25, 0.3) is 0 Å². The zero-order chi connectivity index (χ0) is 5.91. The Labute approximate surface area is 69.4 Å². The lowest BCUT2D eigenvalue weighted by molar-refractivity contribution is 1.06. The minimum absolute atomic E-state index is 0.0677. The van der Waals surface area contributed by atoms with Crippen LogP contribution in [0, 0.1) is 6.42 Å². The summed E-state index contributed by atoms with van der Waals surface area (Å²) >= 11 is 10.0. The highest BCUT2D eigenvalue weighted by Crippen LogP contribution is 2.37. The fourth-order valence-electron chi connectivity index (χ4n) is 0.231. The quantitative estimate of drug-likeness (QED) is 0.650. The molecule has 7 heavy (non-hydrogen) atoms. The normalized spacial score (nSPS) is 12.0. The Kier molecular flexibility index (Phi) is 4.17. The first-order valence-electron chi connectivity index (χ1n) is 1.91. The molecule has 0 aliphatic rings. The molecule has 0 spiro atoms. The van der Waals surface area contributed by atoms with Crippen molar-refractivity contribution in [2.75, 3.05) is 0 Å². The van der Waals surface area contributed by atoms with Crippen molar-refractivity contribution in [3.63, 3.8) is 0 Å². The van der Waals surface area contributed by atoms with Crippen LogP contribution in [0.15, 0.2) is 0 Å². The molecule has 0 aromatic rings. The molecule has 0 amide bonds. The zero-order valence-electron chi connectivity index (χ0n) is 3.92. The Morgan fingerprint density at radius 3 is 1.86 bits per heavy atom. The molecular formula is C4H6Br3. The molecule has 0 nitrogen and oxygen atoms in total. The smallest absolute Gasteiger partial charge is 0.0621 e. The molecule has 0 aromatic carbocycles. The summed E-state index contributed by atoms with van der Waals surface area (Å²) < 4.78 is -0.0677. The molecule has 0 N–H and O–H groups in total. The number of hydrogen-bond acceptors (Lipinski definition) is 0. The van der Waals surface area contributed by atoms with Gasteiger partial charge in [0, 0.05) is 0 Å². The first-order valence-corrected chi connectivity index (χ1v) is 4.29. The molecular weight excluding hydrogens is 288 g/mol. The van der Waals surface area contributed by atoms with Crippen molar-refractivity contribution in [1.29, 1.82) is 0 Å². The van der Waals surface area contributed by atoms with Gasteiger partial charge in [-0.25, -0.2) is 0 Å². The van der Waals surface area contributed by atoms with E-state index in [9.17, 15) is 0 Å². The van der Waals surface area contributed by atoms with E-state index < -0.39 is 0 Å². The third kappa shape index (κ3) is 7.44. The molecule has 0 atom stereocenters. The zero-order valence-corrected chi connectivity index (χ0v) is 8.68. The van der Waals surface area contributed by atoms with Crippen LogP contribution in [0.4, 0.5) is 0 Å². The molecule has 0 fully saturated rings. The molecule has 0 unspecified atom stereocenters. The van der Waals surface area contributed by atoms with Gasteiger partial charge in [-0.1, -0.05) is 54.7 Å². The summed E-state index contributed by atoms with van der Waals surface area (Å²) in [6.07, 6.45) is 3.03. The highest BCUT2D eigenvalue weighted by atomic mass is 80.0. The Hall–Kier alpha value is 1.44. The third-order valence-corrected chi connectivity index (χ3v) is 1.41. The van der Waals surface area contributed by atoms with Crippen molar-refractivity contribution < 1.29 is 0 Å². The summed E-state index contributed by atoms with van der Waals surface area (Å²) in [6.45, 7) is 2.01. The van der Waals surface area contributed by atoms with Crippen LogP contribution < -0.4 is 0 Å². The number of hydrogen-bond donors (Lipinski definition) is 0. The molecule has 0 saturated heterocycles. The standard InChI is InChI=1S/C4H6Br3/c1-2-3-4(5,6)7/h2H,3H2,1H3. The molecule has 3 heteroatoms. The lowest BCUT2D eigenvalue weighted by Crippen LogP contribution is -1.96. The summed E-state index contributed by atoms with van der Waals surface area (Å²) in [5.74, 6) is 0. The molecule has 1 radical (unpaired) electrons. The minimum atomic E-state index is -0.0677. The summed E-state index contributed by atoms with van der Waals surface area (Å²) in [5.41, 5.74) is 0. The fourth-order valence-corrected chi connectivity index (χ4v) is 1.20. The second kappa shape index (κ2) is 3.46. The van der Waals surface area contributed by atoms with Gasteiger partial charge in [0.25, 0.3) is 0 Å². The van der Waals surface area contributed by atoms with Gasteiger partial charge in [0.15, 0.2) is 0 Å². The van der Waals surface area contributed by atoms with E-state index in [0.717, 1.165) is 6.42 Å². The van der Waals surface area contributed by atoms with Crippen LogP contribution >= 0.6 is 47.8 Å². The van der Waals surface area contributed by atoms with Crippen LogP contribution in [-0.2, 0) is 0 Å². The lowest BCUT2D eigenvalue weighted by atomic mass is 10.4. The maximum atomic E-state index is 3.34. The lowest BCUT2D eigenvalue weighted by Gasteiger charge is -2.07. The number of alkyl halides is 3. The van der Waals surface area contributed by atoms with Gasteiger partial charge in [0.05, 0.1) is 0 Å². The highest BCUT2D eigenvalue weighted by Gasteiger charge is 2.14. The summed E-state index contributed by atoms with van der Waals surface area (Å²) in [4.78, 5) is 0. The second-order valence-corrected chi connectivity index (χ2v) is 8.48. The van der Waals surface area contributed by atoms with Gasteiger partial charge in [0.1, 0.15) is 2.14 Å². The van der Waals surface area contributed by atoms with Gasteiger partial charge in [-0.2, -0.15) is 0 Å². The Balaban J connectivity index is 3.15. The first kappa shape index (κ1) is 8.44. The van der Waals surface area contributed by atoms with Gasteiger partial charge >= 0.3 is 0 Å². The second-order valence-electron chi connectivity index (χ2n) is 1.23. The van der Waals surface area contributed by atoms with Crippen LogP contribution in [0.2, 0.25) is 0 Å². The van der Waals surface area contributed by atoms with Crippen molar-refractivity contribution in [3.05, 3.63) is 6.42 Å². The van der Waals surface area contributed by atoms with Crippen LogP contribution in [0.3, 0.4) is 0 Å². The van der Waals surface area contributed by atoms with Gasteiger partial charge in [-0.05, 0) is 12.8 Å².